The van der Waals surface area contributed by atoms with Crippen LogP contribution in [0.4, 0.5) is 11.4 Å². The van der Waals surface area contributed by atoms with Gasteiger partial charge in [-0.3, -0.25) is 9.69 Å². The van der Waals surface area contributed by atoms with Crippen molar-refractivity contribution in [2.45, 2.75) is 13.0 Å². The summed E-state index contributed by atoms with van der Waals surface area (Å²) in [6, 6.07) is 11.1. The van der Waals surface area contributed by atoms with Gasteiger partial charge in [-0.1, -0.05) is 29.3 Å². The maximum Gasteiger partial charge on any atom is 0.241 e. The molecule has 1 atom stereocenters. The zero-order chi connectivity index (χ0) is 17.8. The molecule has 1 aromatic heterocycles. The third kappa shape index (κ3) is 4.42. The fourth-order valence-corrected chi connectivity index (χ4v) is 3.27. The monoisotopic (exact) mass is 378 g/mol. The van der Waals surface area contributed by atoms with E-state index >= 15 is 0 Å². The van der Waals surface area contributed by atoms with Crippen molar-refractivity contribution in [2.24, 2.45) is 0 Å². The summed E-state index contributed by atoms with van der Waals surface area (Å²) in [6.45, 7) is 5.23. The Morgan fingerprint density at radius 3 is 2.60 bits per heavy atom. The minimum absolute atomic E-state index is 0.0777. The first kappa shape index (κ1) is 18.0. The lowest BCUT2D eigenvalue weighted by Gasteiger charge is -2.38. The first-order chi connectivity index (χ1) is 12.0. The summed E-state index contributed by atoms with van der Waals surface area (Å²) in [5, 5.41) is 3.89. The number of nitrogens with zero attached hydrogens (tertiary/aromatic N) is 3. The number of anilines is 2. The topological polar surface area (TPSA) is 48.5 Å². The molecule has 132 valence electrons. The number of piperazine rings is 1. The number of pyridine rings is 1. The van der Waals surface area contributed by atoms with Crippen molar-refractivity contribution in [3.63, 3.8) is 0 Å². The Labute approximate surface area is 157 Å². The largest absolute Gasteiger partial charge is 0.369 e. The van der Waals surface area contributed by atoms with Gasteiger partial charge in [-0.25, -0.2) is 4.98 Å². The summed E-state index contributed by atoms with van der Waals surface area (Å²) in [5.74, 6) is -0.0777. The van der Waals surface area contributed by atoms with Gasteiger partial charge >= 0.3 is 0 Å². The highest BCUT2D eigenvalue weighted by Crippen LogP contribution is 2.22. The normalized spacial score (nSPS) is 16.5. The van der Waals surface area contributed by atoms with Gasteiger partial charge in [0.25, 0.3) is 0 Å². The number of rotatable bonds is 4. The number of hydrogen-bond donors (Lipinski definition) is 1. The lowest BCUT2D eigenvalue weighted by atomic mass is 10.2. The highest BCUT2D eigenvalue weighted by atomic mass is 35.5. The second kappa shape index (κ2) is 8.04. The molecular formula is C18H20Cl2N4O. The molecule has 1 fully saturated rings. The number of benzene rings is 1. The van der Waals surface area contributed by atoms with Crippen LogP contribution < -0.4 is 10.2 Å². The van der Waals surface area contributed by atoms with E-state index in [2.05, 4.69) is 26.2 Å². The van der Waals surface area contributed by atoms with E-state index in [4.69, 9.17) is 23.2 Å². The Kier molecular flexibility index (Phi) is 5.78. The third-order valence-electron chi connectivity index (χ3n) is 4.43. The van der Waals surface area contributed by atoms with Crippen molar-refractivity contribution in [1.82, 2.24) is 9.88 Å². The van der Waals surface area contributed by atoms with Gasteiger partial charge in [-0.05, 0) is 37.3 Å². The summed E-state index contributed by atoms with van der Waals surface area (Å²) < 4.78 is 0. The molecule has 0 bridgehead atoms. The number of amides is 1. The molecule has 0 aliphatic carbocycles. The molecule has 1 saturated heterocycles. The van der Waals surface area contributed by atoms with Crippen molar-refractivity contribution in [3.05, 3.63) is 52.8 Å². The van der Waals surface area contributed by atoms with Gasteiger partial charge in [0, 0.05) is 43.1 Å². The first-order valence-electron chi connectivity index (χ1n) is 8.20. The summed E-state index contributed by atoms with van der Waals surface area (Å²) in [4.78, 5) is 20.9. The van der Waals surface area contributed by atoms with Crippen molar-refractivity contribution in [3.8, 4) is 0 Å². The maximum atomic E-state index is 12.5. The van der Waals surface area contributed by atoms with Gasteiger partial charge in [0.05, 0.1) is 11.7 Å². The van der Waals surface area contributed by atoms with Crippen LogP contribution in [0.15, 0.2) is 42.6 Å². The number of carbonyl (C=O) groups is 1. The van der Waals surface area contributed by atoms with Crippen LogP contribution in [0.2, 0.25) is 10.2 Å². The Morgan fingerprint density at radius 1 is 1.16 bits per heavy atom. The van der Waals surface area contributed by atoms with Crippen LogP contribution in [0.25, 0.3) is 0 Å². The Balaban J connectivity index is 1.57. The first-order valence-corrected chi connectivity index (χ1v) is 8.96. The highest BCUT2D eigenvalue weighted by molar-refractivity contribution is 6.32. The molecule has 0 spiro atoms. The van der Waals surface area contributed by atoms with Crippen molar-refractivity contribution in [2.75, 3.05) is 36.4 Å². The van der Waals surface area contributed by atoms with Gasteiger partial charge in [0.1, 0.15) is 0 Å². The van der Waals surface area contributed by atoms with Crippen LogP contribution in [0.5, 0.6) is 0 Å². The Bertz CT molecular complexity index is 747. The van der Waals surface area contributed by atoms with E-state index in [-0.39, 0.29) is 11.9 Å². The van der Waals surface area contributed by atoms with E-state index in [0.717, 1.165) is 36.9 Å². The number of halogens is 2. The van der Waals surface area contributed by atoms with Gasteiger partial charge in [-0.2, -0.15) is 0 Å². The molecule has 1 aliphatic rings. The van der Waals surface area contributed by atoms with Crippen LogP contribution >= 0.6 is 23.2 Å². The van der Waals surface area contributed by atoms with Crippen molar-refractivity contribution in [1.29, 1.82) is 0 Å². The third-order valence-corrected chi connectivity index (χ3v) is 4.97. The molecule has 0 unspecified atom stereocenters. The second-order valence-corrected chi connectivity index (χ2v) is 6.80. The smallest absolute Gasteiger partial charge is 0.241 e. The molecule has 1 aliphatic heterocycles. The molecule has 1 aromatic carbocycles. The average molecular weight is 379 g/mol. The highest BCUT2D eigenvalue weighted by Gasteiger charge is 2.26. The standard InChI is InChI=1S/C18H20Cl2N4O/c1-13(18(25)22-16-6-3-7-21-17(16)20)23-8-10-24(11-9-23)15-5-2-4-14(19)12-15/h2-7,12-13H,8-11H2,1H3,(H,22,25)/t13-/m0/s1. The SMILES string of the molecule is C[C@@H](C(=O)Nc1cccnc1Cl)N1CCN(c2cccc(Cl)c2)CC1. The zero-order valence-electron chi connectivity index (χ0n) is 14.0. The van der Waals surface area contributed by atoms with E-state index in [1.165, 1.54) is 0 Å². The molecule has 7 heteroatoms. The van der Waals surface area contributed by atoms with Gasteiger partial charge in [-0.15, -0.1) is 0 Å². The van der Waals surface area contributed by atoms with Gasteiger partial charge in [0.15, 0.2) is 5.15 Å². The van der Waals surface area contributed by atoms with Crippen molar-refractivity contribution < 1.29 is 4.79 Å². The molecule has 1 amide bonds. The number of carbonyl (C=O) groups excluding carboxylic acids is 1. The van der Waals surface area contributed by atoms with Crippen molar-refractivity contribution >= 4 is 40.5 Å². The fraction of sp³-hybridized carbons (Fsp3) is 0.333. The second-order valence-electron chi connectivity index (χ2n) is 6.01. The van der Waals surface area contributed by atoms with Gasteiger partial charge in [0.2, 0.25) is 5.91 Å². The Hall–Kier alpha value is -1.82. The van der Waals surface area contributed by atoms with E-state index in [0.29, 0.717) is 10.8 Å². The summed E-state index contributed by atoms with van der Waals surface area (Å²) in [6.07, 6.45) is 1.59. The lowest BCUT2D eigenvalue weighted by molar-refractivity contribution is -0.120. The van der Waals surface area contributed by atoms with Crippen LogP contribution in [0, 0.1) is 0 Å². The minimum atomic E-state index is -0.238. The number of aromatic nitrogens is 1. The molecule has 2 heterocycles. The van der Waals surface area contributed by atoms with Crippen LogP contribution in [0.3, 0.4) is 0 Å². The number of hydrogen-bond acceptors (Lipinski definition) is 4. The molecule has 5 nitrogen and oxygen atoms in total. The molecule has 2 aromatic rings. The average Bonchev–Trinajstić information content (AvgIpc) is 2.63. The molecule has 0 saturated carbocycles. The minimum Gasteiger partial charge on any atom is -0.369 e. The van der Waals surface area contributed by atoms with E-state index in [1.54, 1.807) is 18.3 Å². The summed E-state index contributed by atoms with van der Waals surface area (Å²) in [5.41, 5.74) is 1.66. The predicted octanol–water partition coefficient (Wildman–Crippen LogP) is 3.54. The van der Waals surface area contributed by atoms with E-state index < -0.39 is 0 Å². The fourth-order valence-electron chi connectivity index (χ4n) is 2.92. The molecule has 25 heavy (non-hydrogen) atoms. The summed E-state index contributed by atoms with van der Waals surface area (Å²) >= 11 is 12.1. The van der Waals surface area contributed by atoms with E-state index in [1.807, 2.05) is 25.1 Å². The quantitative estimate of drug-likeness (QED) is 0.826. The lowest BCUT2D eigenvalue weighted by Crippen LogP contribution is -2.52. The molecule has 0 radical (unpaired) electrons. The summed E-state index contributed by atoms with van der Waals surface area (Å²) in [7, 11) is 0. The van der Waals surface area contributed by atoms with E-state index in [9.17, 15) is 4.79 Å². The van der Waals surface area contributed by atoms with Crippen LogP contribution in [-0.4, -0.2) is 48.0 Å². The maximum absolute atomic E-state index is 12.5. The van der Waals surface area contributed by atoms with Crippen LogP contribution in [-0.2, 0) is 4.79 Å². The molecular weight excluding hydrogens is 359 g/mol. The Morgan fingerprint density at radius 2 is 1.92 bits per heavy atom. The van der Waals surface area contributed by atoms with Crippen LogP contribution in [0.1, 0.15) is 6.92 Å². The van der Waals surface area contributed by atoms with Gasteiger partial charge < -0.3 is 10.2 Å². The predicted molar refractivity (Wildman–Crippen MR) is 103 cm³/mol. The zero-order valence-corrected chi connectivity index (χ0v) is 15.5. The molecule has 1 N–H and O–H groups in total. The number of nitrogens with one attached hydrogen (secondary N) is 1. The molecule has 3 rings (SSSR count).